The van der Waals surface area contributed by atoms with Gasteiger partial charge >= 0.3 is 0 Å². The number of benzene rings is 3. The van der Waals surface area contributed by atoms with Crippen molar-refractivity contribution in [3.05, 3.63) is 95.6 Å². The molecule has 0 radical (unpaired) electrons. The molecular weight excluding hydrogens is 330 g/mol. The summed E-state index contributed by atoms with van der Waals surface area (Å²) in [5, 5.41) is 10.0. The molecule has 0 saturated carbocycles. The van der Waals surface area contributed by atoms with E-state index < -0.39 is 16.8 Å². The highest BCUT2D eigenvalue weighted by Gasteiger charge is 2.15. The van der Waals surface area contributed by atoms with Crippen LogP contribution in [0.4, 0.5) is 0 Å². The van der Waals surface area contributed by atoms with Crippen LogP contribution in [-0.2, 0) is 6.42 Å². The Bertz CT molecular complexity index is 865. The van der Waals surface area contributed by atoms with E-state index in [9.17, 15) is 9.90 Å². The fraction of sp³-hybridized carbons (Fsp3) is 0.0952. The molecule has 0 spiro atoms. The van der Waals surface area contributed by atoms with Gasteiger partial charge in [0.25, 0.3) is 0 Å². The van der Waals surface area contributed by atoms with Gasteiger partial charge in [-0.15, -0.1) is 0 Å². The van der Waals surface area contributed by atoms with Gasteiger partial charge in [-0.2, -0.15) is 10.9 Å². The maximum absolute atomic E-state index is 11.7. The predicted molar refractivity (Wildman–Crippen MR) is 103 cm³/mol. The van der Waals surface area contributed by atoms with Gasteiger partial charge in [0.15, 0.2) is 0 Å². The molecule has 0 aromatic heterocycles. The molecule has 0 aliphatic rings. The second-order valence-electron chi connectivity index (χ2n) is 5.73. The van der Waals surface area contributed by atoms with Crippen molar-refractivity contribution in [2.45, 2.75) is 16.2 Å². The highest BCUT2D eigenvalue weighted by molar-refractivity contribution is 8.17. The summed E-state index contributed by atoms with van der Waals surface area (Å²) in [6, 6.07) is 25.6. The van der Waals surface area contributed by atoms with Crippen molar-refractivity contribution in [2.75, 3.05) is 5.94 Å². The standard InChI is InChI=1S/C21H21NO2S/c22-21(24)19-12-6-4-8-16(19)14-17-9-5-7-13-20(17)25(15-23)18-10-2-1-3-11-18/h1-13,23,25H,14-15H2,(H2,22,24). The molecule has 3 rings (SSSR count). The van der Waals surface area contributed by atoms with Gasteiger partial charge in [-0.05, 0) is 51.6 Å². The number of aliphatic hydroxyl groups is 1. The van der Waals surface area contributed by atoms with Gasteiger partial charge in [0.1, 0.15) is 0 Å². The second-order valence-corrected chi connectivity index (χ2v) is 7.87. The fourth-order valence-corrected chi connectivity index (χ4v) is 4.84. The number of carbonyl (C=O) groups is 1. The summed E-state index contributed by atoms with van der Waals surface area (Å²) in [6.45, 7) is 0. The third kappa shape index (κ3) is 3.92. The lowest BCUT2D eigenvalue weighted by Gasteiger charge is -2.23. The van der Waals surface area contributed by atoms with Crippen LogP contribution in [0.5, 0.6) is 0 Å². The summed E-state index contributed by atoms with van der Waals surface area (Å²) < 4.78 is 0. The molecule has 0 saturated heterocycles. The zero-order valence-electron chi connectivity index (χ0n) is 13.8. The largest absolute Gasteiger partial charge is 0.387 e. The summed E-state index contributed by atoms with van der Waals surface area (Å²) in [5.41, 5.74) is 8.07. The predicted octanol–water partition coefficient (Wildman–Crippen LogP) is 3.75. The van der Waals surface area contributed by atoms with Gasteiger partial charge < -0.3 is 10.8 Å². The van der Waals surface area contributed by atoms with Crippen molar-refractivity contribution in [3.8, 4) is 0 Å². The van der Waals surface area contributed by atoms with Crippen molar-refractivity contribution >= 4 is 16.8 Å². The monoisotopic (exact) mass is 351 g/mol. The van der Waals surface area contributed by atoms with Gasteiger partial charge in [-0.3, -0.25) is 4.79 Å². The molecule has 1 amide bonds. The van der Waals surface area contributed by atoms with Crippen molar-refractivity contribution in [3.63, 3.8) is 0 Å². The Morgan fingerprint density at radius 2 is 1.44 bits per heavy atom. The Kier molecular flexibility index (Phi) is 5.53. The van der Waals surface area contributed by atoms with Crippen molar-refractivity contribution < 1.29 is 9.90 Å². The first kappa shape index (κ1) is 17.3. The Labute approximate surface area is 150 Å². The first-order chi connectivity index (χ1) is 12.2. The average Bonchev–Trinajstić information content (AvgIpc) is 2.65. The number of aliphatic hydroxyl groups excluding tert-OH is 1. The van der Waals surface area contributed by atoms with Crippen LogP contribution in [0.2, 0.25) is 0 Å². The molecule has 0 aliphatic carbocycles. The SMILES string of the molecule is NC(=O)c1ccccc1Cc1ccccc1[SH](CO)c1ccccc1. The minimum Gasteiger partial charge on any atom is -0.387 e. The van der Waals surface area contributed by atoms with E-state index in [1.54, 1.807) is 6.07 Å². The van der Waals surface area contributed by atoms with E-state index in [2.05, 4.69) is 24.3 Å². The lowest BCUT2D eigenvalue weighted by Crippen LogP contribution is -2.14. The van der Waals surface area contributed by atoms with E-state index in [4.69, 9.17) is 5.73 Å². The summed E-state index contributed by atoms with van der Waals surface area (Å²) >= 11 is 0. The molecule has 1 atom stereocenters. The number of nitrogens with two attached hydrogens (primary N) is 1. The quantitative estimate of drug-likeness (QED) is 0.592. The molecule has 0 fully saturated rings. The number of rotatable bonds is 6. The molecule has 3 aromatic carbocycles. The third-order valence-corrected chi connectivity index (χ3v) is 6.38. The minimum absolute atomic E-state index is 0.0911. The van der Waals surface area contributed by atoms with E-state index in [0.29, 0.717) is 12.0 Å². The van der Waals surface area contributed by atoms with E-state index in [-0.39, 0.29) is 5.94 Å². The fourth-order valence-electron chi connectivity index (χ4n) is 2.95. The second kappa shape index (κ2) is 8.01. The smallest absolute Gasteiger partial charge is 0.248 e. The molecule has 0 heterocycles. The molecule has 3 aromatic rings. The zero-order chi connectivity index (χ0) is 17.6. The van der Waals surface area contributed by atoms with Crippen LogP contribution in [0.3, 0.4) is 0 Å². The lowest BCUT2D eigenvalue weighted by molar-refractivity contribution is 0.0999. The normalized spacial score (nSPS) is 12.6. The number of hydrogen-bond acceptors (Lipinski definition) is 2. The van der Waals surface area contributed by atoms with E-state index in [0.717, 1.165) is 20.9 Å². The Hall–Kier alpha value is -2.56. The van der Waals surface area contributed by atoms with Gasteiger partial charge in [-0.1, -0.05) is 54.6 Å². The highest BCUT2D eigenvalue weighted by Crippen LogP contribution is 2.45. The van der Waals surface area contributed by atoms with Gasteiger partial charge in [0.2, 0.25) is 5.91 Å². The number of thiol groups is 1. The minimum atomic E-state index is -0.851. The molecule has 25 heavy (non-hydrogen) atoms. The lowest BCUT2D eigenvalue weighted by atomic mass is 9.99. The maximum Gasteiger partial charge on any atom is 0.248 e. The van der Waals surface area contributed by atoms with Gasteiger partial charge in [-0.25, -0.2) is 0 Å². The van der Waals surface area contributed by atoms with Crippen LogP contribution < -0.4 is 5.73 Å². The summed E-state index contributed by atoms with van der Waals surface area (Å²) in [4.78, 5) is 14.0. The zero-order valence-corrected chi connectivity index (χ0v) is 14.7. The van der Waals surface area contributed by atoms with Crippen molar-refractivity contribution in [2.24, 2.45) is 5.73 Å². The van der Waals surface area contributed by atoms with Crippen molar-refractivity contribution in [1.29, 1.82) is 0 Å². The number of carbonyl (C=O) groups excluding carboxylic acids is 1. The molecular formula is C21H21NO2S. The highest BCUT2D eigenvalue weighted by atomic mass is 32.2. The number of hydrogen-bond donors (Lipinski definition) is 3. The summed E-state index contributed by atoms with van der Waals surface area (Å²) in [5.74, 6) is -0.325. The Morgan fingerprint density at radius 1 is 0.840 bits per heavy atom. The first-order valence-corrected chi connectivity index (χ1v) is 9.62. The molecule has 0 aliphatic heterocycles. The Balaban J connectivity index is 2.01. The molecule has 4 heteroatoms. The van der Waals surface area contributed by atoms with Crippen LogP contribution in [0.1, 0.15) is 21.5 Å². The van der Waals surface area contributed by atoms with Gasteiger partial charge in [0.05, 0.1) is 5.94 Å². The van der Waals surface area contributed by atoms with Crippen LogP contribution in [0.25, 0.3) is 0 Å². The third-order valence-electron chi connectivity index (χ3n) is 4.16. The molecule has 3 N–H and O–H groups in total. The Morgan fingerprint density at radius 3 is 2.12 bits per heavy atom. The van der Waals surface area contributed by atoms with Crippen LogP contribution >= 0.6 is 10.9 Å². The van der Waals surface area contributed by atoms with Gasteiger partial charge in [0, 0.05) is 5.56 Å². The first-order valence-electron chi connectivity index (χ1n) is 8.09. The van der Waals surface area contributed by atoms with Crippen LogP contribution in [0, 0.1) is 0 Å². The molecule has 128 valence electrons. The molecule has 1 unspecified atom stereocenters. The average molecular weight is 351 g/mol. The van der Waals surface area contributed by atoms with E-state index in [1.165, 1.54) is 0 Å². The molecule has 0 bridgehead atoms. The summed E-state index contributed by atoms with van der Waals surface area (Å²) in [7, 11) is -0.851. The number of primary amides is 1. The maximum atomic E-state index is 11.7. The van der Waals surface area contributed by atoms with Crippen LogP contribution in [-0.4, -0.2) is 17.0 Å². The van der Waals surface area contributed by atoms with Crippen LogP contribution in [0.15, 0.2) is 88.7 Å². The topological polar surface area (TPSA) is 63.3 Å². The summed E-state index contributed by atoms with van der Waals surface area (Å²) in [6.07, 6.45) is 0.612. The van der Waals surface area contributed by atoms with E-state index >= 15 is 0 Å². The number of amides is 1. The van der Waals surface area contributed by atoms with E-state index in [1.807, 2.05) is 48.5 Å². The molecule has 3 nitrogen and oxygen atoms in total. The van der Waals surface area contributed by atoms with Crippen molar-refractivity contribution in [1.82, 2.24) is 0 Å².